The molecule has 0 amide bonds. The molecule has 0 spiro atoms. The summed E-state index contributed by atoms with van der Waals surface area (Å²) >= 11 is 0. The van der Waals surface area contributed by atoms with Gasteiger partial charge in [0.2, 0.25) is 5.43 Å². The first-order chi connectivity index (χ1) is 20.9. The number of nitrogens with one attached hydrogen (secondary N) is 2. The number of benzene rings is 2. The Kier molecular flexibility index (Phi) is 9.29. The van der Waals surface area contributed by atoms with Crippen LogP contribution in [0.25, 0.3) is 33.3 Å². The van der Waals surface area contributed by atoms with Crippen molar-refractivity contribution in [2.24, 2.45) is 0 Å². The van der Waals surface area contributed by atoms with Crippen LogP contribution >= 0.6 is 0 Å². The molecule has 228 valence electrons. The molecule has 14 nitrogen and oxygen atoms in total. The Labute approximate surface area is 246 Å². The third-order valence-electron chi connectivity index (χ3n) is 6.48. The first kappa shape index (κ1) is 31.2. The zero-order chi connectivity index (χ0) is 32.0. The van der Waals surface area contributed by atoms with Crippen LogP contribution in [0.4, 0.5) is 10.2 Å². The second-order valence-corrected chi connectivity index (χ2v) is 9.58. The minimum atomic E-state index is -2.74. The predicted molar refractivity (Wildman–Crippen MR) is 153 cm³/mol. The lowest BCUT2D eigenvalue weighted by Gasteiger charge is -2.20. The van der Waals surface area contributed by atoms with Gasteiger partial charge in [-0.15, -0.1) is 0 Å². The molecule has 1 atom stereocenters. The lowest BCUT2D eigenvalue weighted by atomic mass is 9.96. The molecule has 5 rings (SSSR count). The largest absolute Gasteiger partial charge is 0.481 e. The Morgan fingerprint density at radius 1 is 1.02 bits per heavy atom. The van der Waals surface area contributed by atoms with Crippen LogP contribution in [0, 0.1) is 5.82 Å². The number of para-hydroxylation sites is 1. The summed E-state index contributed by atoms with van der Waals surface area (Å²) in [5.41, 5.74) is -0.524. The normalized spacial score (nSPS) is 11.9. The van der Waals surface area contributed by atoms with E-state index >= 15 is 0 Å². The van der Waals surface area contributed by atoms with Crippen molar-refractivity contribution in [1.29, 1.82) is 0 Å². The zero-order valence-corrected chi connectivity index (χ0v) is 23.0. The smallest absolute Gasteiger partial charge is 0.336 e. The molecule has 15 heteroatoms. The fraction of sp³-hybridized carbons (Fsp3) is 0.207. The van der Waals surface area contributed by atoms with Crippen molar-refractivity contribution in [3.63, 3.8) is 0 Å². The van der Waals surface area contributed by atoms with Gasteiger partial charge >= 0.3 is 17.9 Å². The number of aromatic amines is 1. The second-order valence-electron chi connectivity index (χ2n) is 9.58. The van der Waals surface area contributed by atoms with E-state index in [0.29, 0.717) is 51.3 Å². The molecule has 0 aliphatic heterocycles. The number of anilines is 1. The number of imidazole rings is 1. The van der Waals surface area contributed by atoms with Gasteiger partial charge in [-0.2, -0.15) is 0 Å². The molecule has 3 heterocycles. The fourth-order valence-corrected chi connectivity index (χ4v) is 4.42. The summed E-state index contributed by atoms with van der Waals surface area (Å²) in [6.45, 7) is 1.96. The molecule has 3 aromatic heterocycles. The number of fused-ring (bicyclic) bond motifs is 2. The van der Waals surface area contributed by atoms with E-state index < -0.39 is 48.2 Å². The van der Waals surface area contributed by atoms with E-state index in [0.717, 1.165) is 0 Å². The molecule has 0 saturated carbocycles. The van der Waals surface area contributed by atoms with Crippen LogP contribution in [-0.2, 0) is 14.4 Å². The number of aliphatic carboxylic acids is 3. The van der Waals surface area contributed by atoms with Gasteiger partial charge in [-0.25, -0.2) is 24.1 Å². The van der Waals surface area contributed by atoms with Crippen LogP contribution in [0.15, 0.2) is 70.4 Å². The molecule has 2 aromatic carbocycles. The fourth-order valence-electron chi connectivity index (χ4n) is 4.42. The van der Waals surface area contributed by atoms with Crippen LogP contribution in [0.5, 0.6) is 0 Å². The number of halogens is 1. The van der Waals surface area contributed by atoms with Crippen LogP contribution in [-0.4, -0.2) is 63.9 Å². The van der Waals surface area contributed by atoms with Crippen molar-refractivity contribution in [1.82, 2.24) is 19.9 Å². The summed E-state index contributed by atoms with van der Waals surface area (Å²) in [7, 11) is 0. The van der Waals surface area contributed by atoms with Crippen LogP contribution in [0.3, 0.4) is 0 Å². The molecule has 0 fully saturated rings. The van der Waals surface area contributed by atoms with Crippen molar-refractivity contribution in [2.75, 3.05) is 5.32 Å². The van der Waals surface area contributed by atoms with E-state index in [1.807, 2.05) is 13.0 Å². The maximum Gasteiger partial charge on any atom is 0.336 e. The molecule has 0 bridgehead atoms. The van der Waals surface area contributed by atoms with Gasteiger partial charge in [-0.05, 0) is 36.2 Å². The SMILES string of the molecule is CC[C@H](Nc1ncnc2[nH]cnc12)c1oc2ccccc2c(=O)c1-c1cccc(F)c1.O=C(O)CC(O)(CC(=O)O)C(=O)O. The van der Waals surface area contributed by atoms with E-state index in [2.05, 4.69) is 25.3 Å². The molecule has 0 saturated heterocycles. The standard InChI is InChI=1S/C23H18FN5O2.C6H8O7/c1-2-16(29-23-19-22(26-11-25-19)27-12-28-23)21-18(13-6-5-7-14(24)10-13)20(30)15-8-3-4-9-17(15)31-21;7-3(8)1-6(13,5(11)12)2-4(9)10/h3-12,16H,2H2,1H3,(H2,25,26,27,28,29);13H,1-2H2,(H,7,8)(H,9,10)(H,11,12)/t16-;/m0./s1. The molecule has 5 aromatic rings. The minimum absolute atomic E-state index is 0.213. The van der Waals surface area contributed by atoms with Gasteiger partial charge in [-0.1, -0.05) is 31.2 Å². The number of aliphatic hydroxyl groups is 1. The lowest BCUT2D eigenvalue weighted by molar-refractivity contribution is -0.170. The molecular formula is C29H26FN5O9. The topological polar surface area (TPSA) is 229 Å². The lowest BCUT2D eigenvalue weighted by Crippen LogP contribution is -2.42. The highest BCUT2D eigenvalue weighted by atomic mass is 19.1. The number of hydrogen-bond acceptors (Lipinski definition) is 10. The summed E-state index contributed by atoms with van der Waals surface area (Å²) in [4.78, 5) is 59.6. The predicted octanol–water partition coefficient (Wildman–Crippen LogP) is 3.58. The first-order valence-corrected chi connectivity index (χ1v) is 13.0. The molecule has 0 aliphatic carbocycles. The van der Waals surface area contributed by atoms with Crippen molar-refractivity contribution in [3.05, 3.63) is 83.0 Å². The number of hydrogen-bond donors (Lipinski definition) is 6. The van der Waals surface area contributed by atoms with Gasteiger partial charge in [0.05, 0.1) is 36.2 Å². The van der Waals surface area contributed by atoms with E-state index in [9.17, 15) is 23.6 Å². The molecule has 0 radical (unpaired) electrons. The number of nitrogens with zero attached hydrogens (tertiary/aromatic N) is 3. The summed E-state index contributed by atoms with van der Waals surface area (Å²) in [5.74, 6) is -4.51. The van der Waals surface area contributed by atoms with Crippen LogP contribution < -0.4 is 10.7 Å². The molecule has 44 heavy (non-hydrogen) atoms. The van der Waals surface area contributed by atoms with Gasteiger partial charge in [0, 0.05) is 0 Å². The monoisotopic (exact) mass is 607 g/mol. The summed E-state index contributed by atoms with van der Waals surface area (Å²) in [6.07, 6.45) is 1.27. The zero-order valence-electron chi connectivity index (χ0n) is 23.0. The molecule has 0 aliphatic rings. The third-order valence-corrected chi connectivity index (χ3v) is 6.48. The van der Waals surface area contributed by atoms with Crippen molar-refractivity contribution < 1.29 is 43.6 Å². The van der Waals surface area contributed by atoms with Gasteiger partial charge in [0.1, 0.15) is 29.0 Å². The van der Waals surface area contributed by atoms with Gasteiger partial charge in [0.25, 0.3) is 0 Å². The van der Waals surface area contributed by atoms with Gasteiger partial charge in [0.15, 0.2) is 17.1 Å². The molecular weight excluding hydrogens is 581 g/mol. The molecule has 0 unspecified atom stereocenters. The molecule has 6 N–H and O–H groups in total. The number of carbonyl (C=O) groups is 3. The maximum atomic E-state index is 14.0. The number of H-pyrrole nitrogens is 1. The van der Waals surface area contributed by atoms with Gasteiger partial charge < -0.3 is 35.1 Å². The number of rotatable bonds is 10. The minimum Gasteiger partial charge on any atom is -0.481 e. The van der Waals surface area contributed by atoms with Crippen molar-refractivity contribution in [2.45, 2.75) is 37.8 Å². The third kappa shape index (κ3) is 6.84. The summed E-state index contributed by atoms with van der Waals surface area (Å²) in [6, 6.07) is 12.6. The average Bonchev–Trinajstić information content (AvgIpc) is 3.45. The Bertz CT molecular complexity index is 1890. The Morgan fingerprint density at radius 2 is 1.73 bits per heavy atom. The highest BCUT2D eigenvalue weighted by Gasteiger charge is 2.40. The Morgan fingerprint density at radius 3 is 2.36 bits per heavy atom. The van der Waals surface area contributed by atoms with Crippen LogP contribution in [0.2, 0.25) is 0 Å². The Hall–Kier alpha value is -5.70. The first-order valence-electron chi connectivity index (χ1n) is 13.0. The number of aromatic nitrogens is 4. The van der Waals surface area contributed by atoms with E-state index in [-0.39, 0.29) is 5.43 Å². The summed E-state index contributed by atoms with van der Waals surface area (Å²) < 4.78 is 20.3. The Balaban J connectivity index is 0.000000289. The van der Waals surface area contributed by atoms with E-state index in [4.69, 9.17) is 24.8 Å². The highest BCUT2D eigenvalue weighted by Crippen LogP contribution is 2.33. The van der Waals surface area contributed by atoms with Gasteiger partial charge in [-0.3, -0.25) is 14.4 Å². The quantitative estimate of drug-likeness (QED) is 0.133. The number of carboxylic acid groups (broad SMARTS) is 3. The maximum absolute atomic E-state index is 14.0. The van der Waals surface area contributed by atoms with Crippen LogP contribution in [0.1, 0.15) is 38.0 Å². The number of carboxylic acids is 3. The summed E-state index contributed by atoms with van der Waals surface area (Å²) in [5, 5.41) is 37.6. The van der Waals surface area contributed by atoms with E-state index in [1.165, 1.54) is 18.5 Å². The second kappa shape index (κ2) is 13.1. The van der Waals surface area contributed by atoms with Crippen molar-refractivity contribution in [3.8, 4) is 11.1 Å². The highest BCUT2D eigenvalue weighted by molar-refractivity contribution is 5.88. The average molecular weight is 608 g/mol. The van der Waals surface area contributed by atoms with Crippen molar-refractivity contribution >= 4 is 45.9 Å². The van der Waals surface area contributed by atoms with E-state index in [1.54, 1.807) is 36.7 Å².